The second kappa shape index (κ2) is 7.95. The minimum Gasteiger partial charge on any atom is -0.456 e. The molecule has 0 radical (unpaired) electrons. The summed E-state index contributed by atoms with van der Waals surface area (Å²) in [4.78, 5) is 4.22. The fourth-order valence-electron chi connectivity index (χ4n) is 3.29. The molecule has 0 aliphatic rings. The molecule has 0 atom stereocenters. The van der Waals surface area contributed by atoms with Crippen molar-refractivity contribution < 1.29 is 4.42 Å². The van der Waals surface area contributed by atoms with Gasteiger partial charge in [-0.2, -0.15) is 10.5 Å². The number of hydrogen-bond donors (Lipinski definition) is 0. The number of imidazole rings is 1. The van der Waals surface area contributed by atoms with E-state index in [0.29, 0.717) is 16.8 Å². The highest BCUT2D eigenvalue weighted by atomic mass is 16.3. The number of nitriles is 2. The van der Waals surface area contributed by atoms with Gasteiger partial charge in [-0.1, -0.05) is 38.1 Å². The van der Waals surface area contributed by atoms with Crippen molar-refractivity contribution in [1.29, 1.82) is 10.5 Å². The molecule has 0 fully saturated rings. The van der Waals surface area contributed by atoms with Gasteiger partial charge in [0.2, 0.25) is 0 Å². The summed E-state index contributed by atoms with van der Waals surface area (Å²) in [5.41, 5.74) is 5.49. The molecule has 0 saturated carbocycles. The standard InChI is InChI=1S/C23H12N4O.C2H6/c24-11-15-1-2-18-10-22(28-21(18)9-15)17-5-3-16(4-6-17)19-7-8-23-26-20(12-25)14-27(23)13-19;1-2/h1-10,13-14H;1-2H3. The van der Waals surface area contributed by atoms with Crippen LogP contribution < -0.4 is 0 Å². The summed E-state index contributed by atoms with van der Waals surface area (Å²) < 4.78 is 7.78. The van der Waals surface area contributed by atoms with Crippen molar-refractivity contribution in [3.63, 3.8) is 0 Å². The Bertz CT molecular complexity index is 1390. The highest BCUT2D eigenvalue weighted by molar-refractivity contribution is 5.84. The molecule has 2 aromatic carbocycles. The maximum atomic E-state index is 9.03. The summed E-state index contributed by atoms with van der Waals surface area (Å²) in [7, 11) is 0. The van der Waals surface area contributed by atoms with Gasteiger partial charge in [0.15, 0.2) is 5.69 Å². The highest BCUT2D eigenvalue weighted by Gasteiger charge is 2.08. The summed E-state index contributed by atoms with van der Waals surface area (Å²) in [5, 5.41) is 19.0. The minimum atomic E-state index is 0.400. The first kappa shape index (κ1) is 19.0. The van der Waals surface area contributed by atoms with Crippen LogP contribution in [0.1, 0.15) is 25.1 Å². The molecule has 5 aromatic rings. The van der Waals surface area contributed by atoms with E-state index in [2.05, 4.69) is 17.1 Å². The Morgan fingerprint density at radius 2 is 1.53 bits per heavy atom. The van der Waals surface area contributed by atoms with Gasteiger partial charge in [-0.25, -0.2) is 4.98 Å². The van der Waals surface area contributed by atoms with Gasteiger partial charge in [-0.3, -0.25) is 0 Å². The fourth-order valence-corrected chi connectivity index (χ4v) is 3.29. The van der Waals surface area contributed by atoms with Crippen LogP contribution in [-0.2, 0) is 0 Å². The van der Waals surface area contributed by atoms with E-state index in [1.54, 1.807) is 18.3 Å². The molecule has 0 aliphatic carbocycles. The van der Waals surface area contributed by atoms with Gasteiger partial charge in [0.1, 0.15) is 23.1 Å². The van der Waals surface area contributed by atoms with Crippen molar-refractivity contribution >= 4 is 16.6 Å². The first-order valence-electron chi connectivity index (χ1n) is 9.67. The van der Waals surface area contributed by atoms with Crippen LogP contribution in [0.5, 0.6) is 0 Å². The molecule has 144 valence electrons. The van der Waals surface area contributed by atoms with E-state index >= 15 is 0 Å². The van der Waals surface area contributed by atoms with Gasteiger partial charge in [0.05, 0.1) is 11.6 Å². The predicted molar refractivity (Wildman–Crippen MR) is 117 cm³/mol. The molecule has 0 aliphatic heterocycles. The lowest BCUT2D eigenvalue weighted by atomic mass is 10.0. The zero-order valence-electron chi connectivity index (χ0n) is 16.6. The van der Waals surface area contributed by atoms with Gasteiger partial charge in [-0.05, 0) is 47.5 Å². The summed E-state index contributed by atoms with van der Waals surface area (Å²) in [6.45, 7) is 4.00. The van der Waals surface area contributed by atoms with Crippen LogP contribution in [-0.4, -0.2) is 9.38 Å². The van der Waals surface area contributed by atoms with Crippen molar-refractivity contribution in [3.8, 4) is 34.6 Å². The Morgan fingerprint density at radius 1 is 0.800 bits per heavy atom. The molecular weight excluding hydrogens is 372 g/mol. The second-order valence-corrected chi connectivity index (χ2v) is 6.47. The van der Waals surface area contributed by atoms with E-state index in [4.69, 9.17) is 14.9 Å². The number of fused-ring (bicyclic) bond motifs is 2. The number of benzene rings is 2. The Labute approximate surface area is 174 Å². The normalized spacial score (nSPS) is 10.3. The van der Waals surface area contributed by atoms with E-state index in [1.165, 1.54) is 0 Å². The molecule has 0 spiro atoms. The first-order valence-corrected chi connectivity index (χ1v) is 9.67. The lowest BCUT2D eigenvalue weighted by molar-refractivity contribution is 0.631. The summed E-state index contributed by atoms with van der Waals surface area (Å²) in [6.07, 6.45) is 3.68. The smallest absolute Gasteiger partial charge is 0.159 e. The van der Waals surface area contributed by atoms with Crippen molar-refractivity contribution in [2.45, 2.75) is 13.8 Å². The SMILES string of the molecule is CC.N#Cc1ccc2cc(-c3ccc(-c4ccc5nc(C#N)cn5c4)cc3)oc2c1. The molecule has 30 heavy (non-hydrogen) atoms. The average molecular weight is 390 g/mol. The largest absolute Gasteiger partial charge is 0.456 e. The van der Waals surface area contributed by atoms with E-state index in [0.717, 1.165) is 33.5 Å². The van der Waals surface area contributed by atoms with Crippen LogP contribution in [0.4, 0.5) is 0 Å². The molecular formula is C25H18N4O. The van der Waals surface area contributed by atoms with Crippen LogP contribution in [0.15, 0.2) is 77.5 Å². The molecule has 0 unspecified atom stereocenters. The molecule has 0 N–H and O–H groups in total. The number of hydrogen-bond acceptors (Lipinski definition) is 4. The Balaban J connectivity index is 0.00000106. The number of furan rings is 1. The highest BCUT2D eigenvalue weighted by Crippen LogP contribution is 2.30. The van der Waals surface area contributed by atoms with Gasteiger partial charge < -0.3 is 8.82 Å². The average Bonchev–Trinajstić information content (AvgIpc) is 3.43. The van der Waals surface area contributed by atoms with Crippen molar-refractivity contribution in [3.05, 3.63) is 84.3 Å². The van der Waals surface area contributed by atoms with Gasteiger partial charge in [0.25, 0.3) is 0 Å². The maximum absolute atomic E-state index is 9.03. The van der Waals surface area contributed by atoms with E-state index in [1.807, 2.05) is 73.0 Å². The first-order chi connectivity index (χ1) is 14.7. The third-order valence-corrected chi connectivity index (χ3v) is 4.72. The Kier molecular flexibility index (Phi) is 5.03. The summed E-state index contributed by atoms with van der Waals surface area (Å²) in [5.74, 6) is 0.764. The van der Waals surface area contributed by atoms with Crippen molar-refractivity contribution in [1.82, 2.24) is 9.38 Å². The molecule has 3 aromatic heterocycles. The Morgan fingerprint density at radius 3 is 2.27 bits per heavy atom. The van der Waals surface area contributed by atoms with Crippen molar-refractivity contribution in [2.24, 2.45) is 0 Å². The third-order valence-electron chi connectivity index (χ3n) is 4.72. The minimum absolute atomic E-state index is 0.400. The second-order valence-electron chi connectivity index (χ2n) is 6.47. The number of aromatic nitrogens is 2. The zero-order valence-corrected chi connectivity index (χ0v) is 16.6. The van der Waals surface area contributed by atoms with Crippen LogP contribution >= 0.6 is 0 Å². The molecule has 5 heteroatoms. The molecule has 5 rings (SSSR count). The lowest BCUT2D eigenvalue weighted by Gasteiger charge is -2.04. The van der Waals surface area contributed by atoms with Gasteiger partial charge in [-0.15, -0.1) is 0 Å². The lowest BCUT2D eigenvalue weighted by Crippen LogP contribution is -1.85. The number of pyridine rings is 1. The summed E-state index contributed by atoms with van der Waals surface area (Å²) >= 11 is 0. The summed E-state index contributed by atoms with van der Waals surface area (Å²) in [6, 6.07) is 23.6. The molecule has 0 amide bonds. The van der Waals surface area contributed by atoms with Crippen LogP contribution in [0.3, 0.4) is 0 Å². The van der Waals surface area contributed by atoms with Crippen LogP contribution in [0.2, 0.25) is 0 Å². The quantitative estimate of drug-likeness (QED) is 0.360. The molecule has 0 bridgehead atoms. The number of nitrogens with zero attached hydrogens (tertiary/aromatic N) is 4. The van der Waals surface area contributed by atoms with Gasteiger partial charge >= 0.3 is 0 Å². The third kappa shape index (κ3) is 3.41. The maximum Gasteiger partial charge on any atom is 0.159 e. The van der Waals surface area contributed by atoms with Crippen molar-refractivity contribution in [2.75, 3.05) is 0 Å². The van der Waals surface area contributed by atoms with E-state index in [9.17, 15) is 0 Å². The fraction of sp³-hybridized carbons (Fsp3) is 0.0800. The molecule has 5 nitrogen and oxygen atoms in total. The van der Waals surface area contributed by atoms with Crippen LogP contribution in [0.25, 0.3) is 39.1 Å². The monoisotopic (exact) mass is 390 g/mol. The predicted octanol–water partition coefficient (Wildman–Crippen LogP) is 6.18. The van der Waals surface area contributed by atoms with E-state index in [-0.39, 0.29) is 0 Å². The zero-order chi connectivity index (χ0) is 21.1. The van der Waals surface area contributed by atoms with Gasteiger partial charge in [0, 0.05) is 23.3 Å². The van der Waals surface area contributed by atoms with Crippen LogP contribution in [0, 0.1) is 22.7 Å². The topological polar surface area (TPSA) is 78.0 Å². The molecule has 0 saturated heterocycles. The number of rotatable bonds is 2. The van der Waals surface area contributed by atoms with E-state index < -0.39 is 0 Å². The molecule has 3 heterocycles. The Hall–Kier alpha value is -4.35.